The lowest BCUT2D eigenvalue weighted by Gasteiger charge is -2.21. The van der Waals surface area contributed by atoms with Crippen molar-refractivity contribution < 1.29 is 4.57 Å². The lowest BCUT2D eigenvalue weighted by Crippen LogP contribution is -2.34. The van der Waals surface area contributed by atoms with Crippen LogP contribution < -0.4 is 4.57 Å². The minimum Gasteiger partial charge on any atom is -0.201 e. The standard InChI is InChI=1S/C17H22N/c1-13-9-6-7-10-14(13)16-15(17(2,3)4)11-8-12-18(16)5/h6-12H,1-5H3/q+1. The first-order valence-corrected chi connectivity index (χ1v) is 6.46. The largest absolute Gasteiger partial charge is 0.216 e. The van der Waals surface area contributed by atoms with Gasteiger partial charge in [0.15, 0.2) is 6.20 Å². The molecule has 0 N–H and O–H groups in total. The second-order valence-electron chi connectivity index (χ2n) is 5.95. The van der Waals surface area contributed by atoms with E-state index >= 15 is 0 Å². The summed E-state index contributed by atoms with van der Waals surface area (Å²) in [6.07, 6.45) is 2.12. The molecule has 0 saturated heterocycles. The van der Waals surface area contributed by atoms with E-state index in [1.807, 2.05) is 0 Å². The maximum absolute atomic E-state index is 2.27. The third-order valence-electron chi connectivity index (χ3n) is 3.39. The SMILES string of the molecule is Cc1ccccc1-c1c(C(C)(C)C)ccc[n+]1C. The van der Waals surface area contributed by atoms with Crippen LogP contribution in [0.4, 0.5) is 0 Å². The summed E-state index contributed by atoms with van der Waals surface area (Å²) >= 11 is 0. The average Bonchev–Trinajstić information content (AvgIpc) is 2.29. The Morgan fingerprint density at radius 2 is 1.61 bits per heavy atom. The summed E-state index contributed by atoms with van der Waals surface area (Å²) in [4.78, 5) is 0. The van der Waals surface area contributed by atoms with Gasteiger partial charge >= 0.3 is 0 Å². The highest BCUT2D eigenvalue weighted by Crippen LogP contribution is 2.31. The number of hydrogen-bond donors (Lipinski definition) is 0. The van der Waals surface area contributed by atoms with Gasteiger partial charge in [0.2, 0.25) is 5.69 Å². The molecule has 0 unspecified atom stereocenters. The van der Waals surface area contributed by atoms with Crippen LogP contribution in [-0.4, -0.2) is 0 Å². The summed E-state index contributed by atoms with van der Waals surface area (Å²) in [5.74, 6) is 0. The first-order valence-electron chi connectivity index (χ1n) is 6.46. The quantitative estimate of drug-likeness (QED) is 0.668. The zero-order chi connectivity index (χ0) is 13.3. The molecule has 0 aliphatic rings. The average molecular weight is 240 g/mol. The summed E-state index contributed by atoms with van der Waals surface area (Å²) in [5.41, 5.74) is 5.51. The molecule has 1 heterocycles. The second kappa shape index (κ2) is 4.56. The molecule has 0 radical (unpaired) electrons. The molecule has 1 nitrogen and oxygen atoms in total. The molecule has 0 fully saturated rings. The molecule has 0 saturated carbocycles. The predicted molar refractivity (Wildman–Crippen MR) is 76.5 cm³/mol. The Bertz CT molecular complexity index is 562. The lowest BCUT2D eigenvalue weighted by molar-refractivity contribution is -0.660. The first kappa shape index (κ1) is 12.8. The first-order chi connectivity index (χ1) is 8.41. The molecule has 0 aliphatic heterocycles. The van der Waals surface area contributed by atoms with Crippen LogP contribution in [0.5, 0.6) is 0 Å². The maximum atomic E-state index is 2.27. The number of nitrogens with zero attached hydrogens (tertiary/aromatic N) is 1. The zero-order valence-electron chi connectivity index (χ0n) is 12.0. The Hall–Kier alpha value is -1.63. The van der Waals surface area contributed by atoms with E-state index in [2.05, 4.69) is 81.9 Å². The molecule has 2 rings (SSSR count). The molecule has 94 valence electrons. The minimum atomic E-state index is 0.149. The van der Waals surface area contributed by atoms with Crippen molar-refractivity contribution in [3.8, 4) is 11.3 Å². The fourth-order valence-electron chi connectivity index (χ4n) is 2.39. The van der Waals surface area contributed by atoms with Crippen LogP contribution in [-0.2, 0) is 12.5 Å². The third-order valence-corrected chi connectivity index (χ3v) is 3.39. The monoisotopic (exact) mass is 240 g/mol. The number of aryl methyl sites for hydroxylation is 2. The molecular formula is C17H22N+. The van der Waals surface area contributed by atoms with Crippen molar-refractivity contribution in [3.05, 3.63) is 53.7 Å². The smallest absolute Gasteiger partial charge is 0.201 e. The van der Waals surface area contributed by atoms with Gasteiger partial charge in [0.05, 0.1) is 0 Å². The van der Waals surface area contributed by atoms with Crippen molar-refractivity contribution in [2.75, 3.05) is 0 Å². The van der Waals surface area contributed by atoms with E-state index in [0.717, 1.165) is 0 Å². The van der Waals surface area contributed by atoms with E-state index < -0.39 is 0 Å². The Labute approximate surface area is 110 Å². The van der Waals surface area contributed by atoms with Crippen LogP contribution in [0.2, 0.25) is 0 Å². The molecule has 0 aliphatic carbocycles. The van der Waals surface area contributed by atoms with Gasteiger partial charge in [0.25, 0.3) is 0 Å². The molecule has 1 heteroatoms. The summed E-state index contributed by atoms with van der Waals surface area (Å²) in [6.45, 7) is 8.98. The van der Waals surface area contributed by atoms with Crippen molar-refractivity contribution in [3.63, 3.8) is 0 Å². The molecule has 1 aromatic carbocycles. The summed E-state index contributed by atoms with van der Waals surface area (Å²) in [7, 11) is 2.12. The number of rotatable bonds is 1. The molecule has 2 aromatic rings. The zero-order valence-corrected chi connectivity index (χ0v) is 12.0. The lowest BCUT2D eigenvalue weighted by atomic mass is 9.83. The molecule has 0 bridgehead atoms. The van der Waals surface area contributed by atoms with Gasteiger partial charge in [-0.3, -0.25) is 0 Å². The molecule has 0 atom stereocenters. The van der Waals surface area contributed by atoms with Crippen molar-refractivity contribution in [2.24, 2.45) is 7.05 Å². The van der Waals surface area contributed by atoms with Crippen LogP contribution >= 0.6 is 0 Å². The predicted octanol–water partition coefficient (Wildman–Crippen LogP) is 3.78. The van der Waals surface area contributed by atoms with Gasteiger partial charge in [-0.05, 0) is 30.0 Å². The van der Waals surface area contributed by atoms with Crippen molar-refractivity contribution in [2.45, 2.75) is 33.1 Å². The number of aromatic nitrogens is 1. The fraction of sp³-hybridized carbons (Fsp3) is 0.353. The molecule has 1 aromatic heterocycles. The summed E-state index contributed by atoms with van der Waals surface area (Å²) in [5, 5.41) is 0. The topological polar surface area (TPSA) is 3.88 Å². The van der Waals surface area contributed by atoms with Crippen LogP contribution in [0.3, 0.4) is 0 Å². The number of hydrogen-bond acceptors (Lipinski definition) is 0. The highest BCUT2D eigenvalue weighted by Gasteiger charge is 2.25. The van der Waals surface area contributed by atoms with E-state index in [1.54, 1.807) is 0 Å². The van der Waals surface area contributed by atoms with Crippen molar-refractivity contribution in [1.82, 2.24) is 0 Å². The van der Waals surface area contributed by atoms with Gasteiger partial charge in [-0.1, -0.05) is 39.0 Å². The van der Waals surface area contributed by atoms with E-state index in [9.17, 15) is 0 Å². The van der Waals surface area contributed by atoms with Gasteiger partial charge in [0.1, 0.15) is 7.05 Å². The Kier molecular flexibility index (Phi) is 3.25. The summed E-state index contributed by atoms with van der Waals surface area (Å²) in [6, 6.07) is 13.0. The van der Waals surface area contributed by atoms with Crippen LogP contribution in [0.1, 0.15) is 31.9 Å². The third kappa shape index (κ3) is 2.31. The number of benzene rings is 1. The Balaban J connectivity index is 2.75. The molecule has 0 spiro atoms. The Morgan fingerprint density at radius 1 is 0.944 bits per heavy atom. The second-order valence-corrected chi connectivity index (χ2v) is 5.95. The van der Waals surface area contributed by atoms with Crippen molar-refractivity contribution >= 4 is 0 Å². The van der Waals surface area contributed by atoms with E-state index in [4.69, 9.17) is 0 Å². The highest BCUT2D eigenvalue weighted by atomic mass is 14.9. The molecule has 18 heavy (non-hydrogen) atoms. The van der Waals surface area contributed by atoms with E-state index in [0.29, 0.717) is 0 Å². The fourth-order valence-corrected chi connectivity index (χ4v) is 2.39. The van der Waals surface area contributed by atoms with Crippen LogP contribution in [0.25, 0.3) is 11.3 Å². The normalized spacial score (nSPS) is 11.6. The van der Waals surface area contributed by atoms with Gasteiger partial charge in [0, 0.05) is 17.2 Å². The summed E-state index contributed by atoms with van der Waals surface area (Å²) < 4.78 is 2.23. The minimum absolute atomic E-state index is 0.149. The molecular weight excluding hydrogens is 218 g/mol. The van der Waals surface area contributed by atoms with Gasteiger partial charge < -0.3 is 0 Å². The van der Waals surface area contributed by atoms with Gasteiger partial charge in [-0.25, -0.2) is 4.57 Å². The van der Waals surface area contributed by atoms with Crippen LogP contribution in [0, 0.1) is 6.92 Å². The Morgan fingerprint density at radius 3 is 2.22 bits per heavy atom. The van der Waals surface area contributed by atoms with Crippen LogP contribution in [0.15, 0.2) is 42.6 Å². The van der Waals surface area contributed by atoms with Crippen molar-refractivity contribution in [1.29, 1.82) is 0 Å². The van der Waals surface area contributed by atoms with Gasteiger partial charge in [-0.2, -0.15) is 0 Å². The maximum Gasteiger partial charge on any atom is 0.216 e. The highest BCUT2D eigenvalue weighted by molar-refractivity contribution is 5.65. The molecule has 0 amide bonds. The number of pyridine rings is 1. The van der Waals surface area contributed by atoms with E-state index in [1.165, 1.54) is 22.4 Å². The van der Waals surface area contributed by atoms with Gasteiger partial charge in [-0.15, -0.1) is 0 Å². The van der Waals surface area contributed by atoms with E-state index in [-0.39, 0.29) is 5.41 Å².